The molecule has 5 rings (SSSR count). The van der Waals surface area contributed by atoms with Gasteiger partial charge in [-0.3, -0.25) is 19.8 Å². The van der Waals surface area contributed by atoms with E-state index in [0.717, 1.165) is 12.1 Å². The Bertz CT molecular complexity index is 1570. The van der Waals surface area contributed by atoms with Gasteiger partial charge in [0.15, 0.2) is 0 Å². The number of likely N-dealkylation sites (tertiary alicyclic amines) is 1. The number of alkyl halides is 3. The number of halogens is 5. The number of aromatic nitrogens is 2. The van der Waals surface area contributed by atoms with E-state index < -0.39 is 53.0 Å². The fraction of sp³-hybridized carbons (Fsp3) is 0.469. The van der Waals surface area contributed by atoms with Crippen LogP contribution in [-0.4, -0.2) is 68.8 Å². The van der Waals surface area contributed by atoms with Gasteiger partial charge in [-0.2, -0.15) is 0 Å². The molecule has 0 spiro atoms. The van der Waals surface area contributed by atoms with Gasteiger partial charge in [-0.15, -0.1) is 0 Å². The number of hydrogen-bond donors (Lipinski definition) is 2. The number of carbonyl (C=O) groups is 2. The van der Waals surface area contributed by atoms with Gasteiger partial charge in [-0.1, -0.05) is 18.2 Å². The number of carbonyl (C=O) groups excluding carboxylic acids is 1. The van der Waals surface area contributed by atoms with Crippen LogP contribution in [0.1, 0.15) is 62.6 Å². The van der Waals surface area contributed by atoms with Crippen LogP contribution < -0.4 is 10.2 Å². The molecular formula is C32H36F5N5O3. The third-order valence-corrected chi connectivity index (χ3v) is 8.87. The molecule has 2 atom stereocenters. The van der Waals surface area contributed by atoms with Crippen molar-refractivity contribution in [3.05, 3.63) is 77.1 Å². The Hall–Kier alpha value is -4.00. The standard InChI is InChI=1S/C32H36F5N5O3/c1-31(2,3)42-17-24(23-7-6-22(33)15-25(23)34)32(37,18-42)29(45)39-30-38-10-13-41(30)16-21-5-4-20(27(35)36)14-26(21)40-11-8-19(9-12-40)28(43)44/h4-7,10,13-15,19,24,27H,8-9,11-12,16-18H2,1-3H3,(H,43,44)(H,38,39,45)/t24-,32-/m0/s1. The van der Waals surface area contributed by atoms with Crippen molar-refractivity contribution in [2.45, 2.75) is 63.7 Å². The van der Waals surface area contributed by atoms with E-state index in [4.69, 9.17) is 0 Å². The van der Waals surface area contributed by atoms with Gasteiger partial charge in [0, 0.05) is 67.3 Å². The van der Waals surface area contributed by atoms with Crippen LogP contribution in [0.25, 0.3) is 0 Å². The monoisotopic (exact) mass is 633 g/mol. The van der Waals surface area contributed by atoms with Crippen molar-refractivity contribution < 1.29 is 36.6 Å². The first kappa shape index (κ1) is 32.4. The van der Waals surface area contributed by atoms with Crippen molar-refractivity contribution >= 4 is 23.5 Å². The third kappa shape index (κ3) is 6.68. The molecule has 2 N–H and O–H groups in total. The summed E-state index contributed by atoms with van der Waals surface area (Å²) in [7, 11) is 0. The molecule has 3 aromatic rings. The maximum Gasteiger partial charge on any atom is 0.306 e. The van der Waals surface area contributed by atoms with Crippen molar-refractivity contribution in [1.82, 2.24) is 14.5 Å². The van der Waals surface area contributed by atoms with E-state index in [0.29, 0.717) is 43.2 Å². The Labute approximate surface area is 257 Å². The second-order valence-electron chi connectivity index (χ2n) is 12.8. The fourth-order valence-corrected chi connectivity index (χ4v) is 6.15. The number of anilines is 2. The minimum atomic E-state index is -2.71. The molecule has 8 nitrogen and oxygen atoms in total. The molecule has 1 aromatic heterocycles. The fourth-order valence-electron chi connectivity index (χ4n) is 6.15. The number of nitrogens with zero attached hydrogens (tertiary/aromatic N) is 4. The lowest BCUT2D eigenvalue weighted by atomic mass is 9.85. The summed E-state index contributed by atoms with van der Waals surface area (Å²) in [5.41, 5.74) is -2.32. The lowest BCUT2D eigenvalue weighted by Gasteiger charge is -2.34. The summed E-state index contributed by atoms with van der Waals surface area (Å²) in [5.74, 6) is -5.44. The normalized spacial score (nSPS) is 21.4. The maximum absolute atomic E-state index is 16.9. The number of carboxylic acids is 1. The molecule has 45 heavy (non-hydrogen) atoms. The predicted molar refractivity (Wildman–Crippen MR) is 158 cm³/mol. The molecule has 2 aromatic carbocycles. The summed E-state index contributed by atoms with van der Waals surface area (Å²) in [6.07, 6.45) is 0.963. The molecule has 3 heterocycles. The average molecular weight is 634 g/mol. The topological polar surface area (TPSA) is 90.7 Å². The van der Waals surface area contributed by atoms with Gasteiger partial charge in [0.1, 0.15) is 11.6 Å². The summed E-state index contributed by atoms with van der Waals surface area (Å²) in [6.45, 7) is 6.03. The number of imidazole rings is 1. The molecule has 2 aliphatic rings. The van der Waals surface area contributed by atoms with Crippen LogP contribution in [0.5, 0.6) is 0 Å². The molecule has 0 saturated carbocycles. The lowest BCUT2D eigenvalue weighted by molar-refractivity contribution is -0.142. The molecule has 13 heteroatoms. The first-order chi connectivity index (χ1) is 21.2. The van der Waals surface area contributed by atoms with Gasteiger partial charge in [0.2, 0.25) is 11.6 Å². The first-order valence-electron chi connectivity index (χ1n) is 14.8. The number of aliphatic carboxylic acids is 1. The van der Waals surface area contributed by atoms with E-state index in [-0.39, 0.29) is 36.7 Å². The van der Waals surface area contributed by atoms with Crippen LogP contribution in [0.15, 0.2) is 48.8 Å². The van der Waals surface area contributed by atoms with Gasteiger partial charge in [-0.25, -0.2) is 26.9 Å². The van der Waals surface area contributed by atoms with E-state index >= 15 is 4.39 Å². The van der Waals surface area contributed by atoms with Crippen molar-refractivity contribution in [3.63, 3.8) is 0 Å². The summed E-state index contributed by atoms with van der Waals surface area (Å²) in [5, 5.41) is 11.9. The largest absolute Gasteiger partial charge is 0.481 e. The van der Waals surface area contributed by atoms with Crippen molar-refractivity contribution in [2.75, 3.05) is 36.4 Å². The van der Waals surface area contributed by atoms with Gasteiger partial charge >= 0.3 is 5.97 Å². The van der Waals surface area contributed by atoms with Crippen molar-refractivity contribution in [1.29, 1.82) is 0 Å². The Kier molecular flexibility index (Phi) is 8.94. The summed E-state index contributed by atoms with van der Waals surface area (Å²) < 4.78 is 74.3. The molecule has 0 unspecified atom stereocenters. The Morgan fingerprint density at radius 3 is 2.44 bits per heavy atom. The Morgan fingerprint density at radius 1 is 1.11 bits per heavy atom. The van der Waals surface area contributed by atoms with Crippen LogP contribution in [0.3, 0.4) is 0 Å². The molecule has 2 saturated heterocycles. The van der Waals surface area contributed by atoms with Gasteiger partial charge in [0.25, 0.3) is 12.3 Å². The molecule has 0 bridgehead atoms. The molecule has 242 valence electrons. The summed E-state index contributed by atoms with van der Waals surface area (Å²) in [6, 6.07) is 7.10. The number of nitrogens with one attached hydrogen (secondary N) is 1. The average Bonchev–Trinajstić information content (AvgIpc) is 3.57. The molecule has 0 aliphatic carbocycles. The zero-order valence-corrected chi connectivity index (χ0v) is 25.2. The summed E-state index contributed by atoms with van der Waals surface area (Å²) >= 11 is 0. The molecule has 1 amide bonds. The number of benzene rings is 2. The van der Waals surface area contributed by atoms with Crippen LogP contribution in [0, 0.1) is 17.6 Å². The highest BCUT2D eigenvalue weighted by Gasteiger charge is 2.56. The molecule has 0 radical (unpaired) electrons. The van der Waals surface area contributed by atoms with E-state index in [9.17, 15) is 32.3 Å². The van der Waals surface area contributed by atoms with Crippen LogP contribution in [0.2, 0.25) is 0 Å². The molecule has 2 aliphatic heterocycles. The van der Waals surface area contributed by atoms with E-state index in [1.807, 2.05) is 25.7 Å². The van der Waals surface area contributed by atoms with Gasteiger partial charge in [-0.05, 0) is 56.9 Å². The lowest BCUT2D eigenvalue weighted by Crippen LogP contribution is -2.47. The first-order valence-corrected chi connectivity index (χ1v) is 14.8. The van der Waals surface area contributed by atoms with E-state index in [2.05, 4.69) is 10.3 Å². The number of piperidine rings is 1. The van der Waals surface area contributed by atoms with Gasteiger partial charge in [0.05, 0.1) is 12.5 Å². The van der Waals surface area contributed by atoms with Crippen LogP contribution in [0.4, 0.5) is 33.6 Å². The number of carboxylic acid groups (broad SMARTS) is 1. The van der Waals surface area contributed by atoms with Crippen LogP contribution in [-0.2, 0) is 16.1 Å². The quantitative estimate of drug-likeness (QED) is 0.296. The highest BCUT2D eigenvalue weighted by Crippen LogP contribution is 2.43. The smallest absolute Gasteiger partial charge is 0.306 e. The zero-order chi connectivity index (χ0) is 32.7. The molecular weight excluding hydrogens is 597 g/mol. The van der Waals surface area contributed by atoms with E-state index in [1.54, 1.807) is 17.2 Å². The van der Waals surface area contributed by atoms with E-state index in [1.165, 1.54) is 22.9 Å². The van der Waals surface area contributed by atoms with Crippen molar-refractivity contribution in [3.8, 4) is 0 Å². The summed E-state index contributed by atoms with van der Waals surface area (Å²) in [4.78, 5) is 32.9. The maximum atomic E-state index is 16.9. The van der Waals surface area contributed by atoms with Gasteiger partial charge < -0.3 is 14.6 Å². The number of rotatable bonds is 8. The second kappa shape index (κ2) is 12.4. The Balaban J connectivity index is 1.42. The predicted octanol–water partition coefficient (Wildman–Crippen LogP) is 5.99. The minimum Gasteiger partial charge on any atom is -0.481 e. The highest BCUT2D eigenvalue weighted by molar-refractivity contribution is 5.97. The SMILES string of the molecule is CC(C)(C)N1C[C@@H](c2ccc(F)cc2F)[C@](F)(C(=O)Nc2nccn2Cc2ccc(C(F)F)cc2N2CCC(C(=O)O)CC2)C1. The zero-order valence-electron chi connectivity index (χ0n) is 25.2. The third-order valence-electron chi connectivity index (χ3n) is 8.87. The Morgan fingerprint density at radius 2 is 1.82 bits per heavy atom. The highest BCUT2D eigenvalue weighted by atomic mass is 19.3. The minimum absolute atomic E-state index is 0.00182. The number of hydrogen-bond acceptors (Lipinski definition) is 5. The number of amides is 1. The van der Waals surface area contributed by atoms with Crippen molar-refractivity contribution in [2.24, 2.45) is 5.92 Å². The van der Waals surface area contributed by atoms with Crippen LogP contribution >= 0.6 is 0 Å². The second-order valence-corrected chi connectivity index (χ2v) is 12.8. The molecule has 2 fully saturated rings.